The van der Waals surface area contributed by atoms with Crippen molar-refractivity contribution in [3.05, 3.63) is 81.7 Å². The molecule has 0 spiro atoms. The third-order valence-corrected chi connectivity index (χ3v) is 6.81. The van der Waals surface area contributed by atoms with Crippen molar-refractivity contribution in [2.75, 3.05) is 37.5 Å². The van der Waals surface area contributed by atoms with E-state index in [0.29, 0.717) is 11.8 Å². The molecular formula is C28H31N7O5. The first-order valence-corrected chi connectivity index (χ1v) is 13.0. The maximum atomic E-state index is 13.3. The fourth-order valence-electron chi connectivity index (χ4n) is 4.77. The zero-order chi connectivity index (χ0) is 28.4. The highest BCUT2D eigenvalue weighted by molar-refractivity contribution is 5.92. The smallest absolute Gasteiger partial charge is 0.348 e. The molecule has 0 saturated heterocycles. The largest absolute Gasteiger partial charge is 0.497 e. The molecule has 0 saturated carbocycles. The number of carbonyl (C=O) groups is 1. The number of nitrogens with one attached hydrogen (secondary N) is 1. The molecule has 1 aliphatic rings. The second-order valence-corrected chi connectivity index (χ2v) is 9.30. The van der Waals surface area contributed by atoms with Gasteiger partial charge < -0.3 is 19.7 Å². The van der Waals surface area contributed by atoms with Crippen molar-refractivity contribution >= 4 is 34.3 Å². The topological polar surface area (TPSA) is 126 Å². The van der Waals surface area contributed by atoms with E-state index in [-0.39, 0.29) is 25.7 Å². The Balaban J connectivity index is 1.41. The molecule has 1 aliphatic heterocycles. The SMILES string of the molecule is CCOC(=O)C1C=CC(C)n2c(=O)n(CCNc3nc(N(C)c4ccc(OC)cc4)c4ccccc4n3)c(=O)n21. The zero-order valence-corrected chi connectivity index (χ0v) is 22.8. The van der Waals surface area contributed by atoms with Crippen LogP contribution in [0.25, 0.3) is 10.9 Å². The Morgan fingerprint density at radius 1 is 1.02 bits per heavy atom. The Morgan fingerprint density at radius 2 is 1.75 bits per heavy atom. The van der Waals surface area contributed by atoms with E-state index in [0.717, 1.165) is 26.9 Å². The van der Waals surface area contributed by atoms with Gasteiger partial charge in [0.1, 0.15) is 11.6 Å². The lowest BCUT2D eigenvalue weighted by molar-refractivity contribution is -0.146. The molecule has 2 aromatic heterocycles. The second-order valence-electron chi connectivity index (χ2n) is 9.30. The van der Waals surface area contributed by atoms with Gasteiger partial charge in [-0.1, -0.05) is 24.3 Å². The molecule has 208 valence electrons. The summed E-state index contributed by atoms with van der Waals surface area (Å²) in [6, 6.07) is 13.9. The molecule has 2 aromatic carbocycles. The Bertz CT molecular complexity index is 1690. The van der Waals surface area contributed by atoms with Crippen LogP contribution in [0.3, 0.4) is 0 Å². The van der Waals surface area contributed by atoms with Gasteiger partial charge in [0.2, 0.25) is 5.95 Å². The summed E-state index contributed by atoms with van der Waals surface area (Å²) in [6.07, 6.45) is 3.31. The lowest BCUT2D eigenvalue weighted by Gasteiger charge is -2.23. The van der Waals surface area contributed by atoms with Gasteiger partial charge in [-0.25, -0.2) is 33.3 Å². The monoisotopic (exact) mass is 545 g/mol. The van der Waals surface area contributed by atoms with Crippen LogP contribution in [-0.4, -0.2) is 57.2 Å². The standard InChI is InChI=1S/C28H31N7O5/c1-5-40-25(36)23-15-10-18(2)34-27(37)33(28(38)35(23)34)17-16-29-26-30-22-9-7-6-8-21(22)24(31-26)32(3)19-11-13-20(39-4)14-12-19/h6-15,18,23H,5,16-17H2,1-4H3,(H,29,30,31). The van der Waals surface area contributed by atoms with Crippen LogP contribution in [0.4, 0.5) is 17.5 Å². The number of ether oxygens (including phenoxy) is 2. The average Bonchev–Trinajstić information content (AvgIpc) is 3.22. The zero-order valence-electron chi connectivity index (χ0n) is 22.8. The van der Waals surface area contributed by atoms with E-state index < -0.39 is 23.4 Å². The highest BCUT2D eigenvalue weighted by atomic mass is 16.5. The molecule has 40 heavy (non-hydrogen) atoms. The van der Waals surface area contributed by atoms with Gasteiger partial charge >= 0.3 is 17.3 Å². The van der Waals surface area contributed by atoms with Crippen molar-refractivity contribution in [3.63, 3.8) is 0 Å². The van der Waals surface area contributed by atoms with E-state index >= 15 is 0 Å². The number of allylic oxidation sites excluding steroid dienone is 1. The molecule has 0 aliphatic carbocycles. The van der Waals surface area contributed by atoms with E-state index in [1.807, 2.05) is 60.5 Å². The van der Waals surface area contributed by atoms with Gasteiger partial charge in [0, 0.05) is 31.2 Å². The molecule has 0 amide bonds. The summed E-state index contributed by atoms with van der Waals surface area (Å²) >= 11 is 0. The van der Waals surface area contributed by atoms with E-state index in [4.69, 9.17) is 14.5 Å². The first-order chi connectivity index (χ1) is 19.3. The molecule has 2 atom stereocenters. The summed E-state index contributed by atoms with van der Waals surface area (Å²) in [6.45, 7) is 3.89. The first-order valence-electron chi connectivity index (χ1n) is 13.0. The molecule has 5 rings (SSSR count). The highest BCUT2D eigenvalue weighted by Crippen LogP contribution is 2.30. The number of rotatable bonds is 9. The summed E-state index contributed by atoms with van der Waals surface area (Å²) in [7, 11) is 3.54. The Hall–Kier alpha value is -4.87. The molecule has 0 radical (unpaired) electrons. The summed E-state index contributed by atoms with van der Waals surface area (Å²) in [5, 5.41) is 4.03. The summed E-state index contributed by atoms with van der Waals surface area (Å²) in [5.41, 5.74) is 0.565. The molecule has 1 N–H and O–H groups in total. The van der Waals surface area contributed by atoms with Gasteiger partial charge in [0.05, 0.1) is 25.3 Å². The van der Waals surface area contributed by atoms with Crippen molar-refractivity contribution in [3.8, 4) is 5.75 Å². The maximum absolute atomic E-state index is 13.3. The van der Waals surface area contributed by atoms with Gasteiger partial charge in [-0.05, 0) is 50.2 Å². The number of benzene rings is 2. The number of fused-ring (bicyclic) bond motifs is 2. The lowest BCUT2D eigenvalue weighted by Crippen LogP contribution is -2.38. The Kier molecular flexibility index (Phi) is 7.41. The number of esters is 1. The average molecular weight is 546 g/mol. The van der Waals surface area contributed by atoms with Crippen molar-refractivity contribution in [2.24, 2.45) is 0 Å². The number of hydrogen-bond acceptors (Lipinski definition) is 9. The van der Waals surface area contributed by atoms with E-state index in [1.165, 1.54) is 9.36 Å². The highest BCUT2D eigenvalue weighted by Gasteiger charge is 2.31. The van der Waals surface area contributed by atoms with Gasteiger partial charge in [-0.15, -0.1) is 0 Å². The van der Waals surface area contributed by atoms with Crippen LogP contribution in [0.15, 0.2) is 70.3 Å². The minimum atomic E-state index is -0.995. The summed E-state index contributed by atoms with van der Waals surface area (Å²) in [4.78, 5) is 50.2. The molecule has 0 bridgehead atoms. The van der Waals surface area contributed by atoms with Crippen LogP contribution in [0.5, 0.6) is 5.75 Å². The van der Waals surface area contributed by atoms with Crippen LogP contribution in [0, 0.1) is 0 Å². The molecule has 3 heterocycles. The predicted molar refractivity (Wildman–Crippen MR) is 152 cm³/mol. The van der Waals surface area contributed by atoms with Crippen molar-refractivity contribution < 1.29 is 14.3 Å². The number of aromatic nitrogens is 5. The number of hydrogen-bond donors (Lipinski definition) is 1. The number of nitrogens with zero attached hydrogens (tertiary/aromatic N) is 6. The third-order valence-electron chi connectivity index (χ3n) is 6.81. The van der Waals surface area contributed by atoms with Crippen LogP contribution >= 0.6 is 0 Å². The lowest BCUT2D eigenvalue weighted by atomic mass is 10.2. The number of carbonyl (C=O) groups excluding carboxylic acids is 1. The number of anilines is 3. The fraction of sp³-hybridized carbons (Fsp3) is 0.321. The summed E-state index contributed by atoms with van der Waals surface area (Å²) in [5.74, 6) is 1.21. The van der Waals surface area contributed by atoms with E-state index in [9.17, 15) is 14.4 Å². The van der Waals surface area contributed by atoms with E-state index in [2.05, 4.69) is 10.3 Å². The van der Waals surface area contributed by atoms with Gasteiger partial charge in [0.15, 0.2) is 6.04 Å². The molecule has 2 unspecified atom stereocenters. The van der Waals surface area contributed by atoms with Crippen LogP contribution < -0.4 is 26.3 Å². The molecule has 0 fully saturated rings. The van der Waals surface area contributed by atoms with Crippen molar-refractivity contribution in [2.45, 2.75) is 32.5 Å². The predicted octanol–water partition coefficient (Wildman–Crippen LogP) is 2.88. The van der Waals surface area contributed by atoms with Gasteiger partial charge in [-0.2, -0.15) is 4.98 Å². The van der Waals surface area contributed by atoms with Crippen molar-refractivity contribution in [1.82, 2.24) is 23.9 Å². The normalized spacial score (nSPS) is 16.0. The Morgan fingerprint density at radius 3 is 2.48 bits per heavy atom. The molecule has 12 heteroatoms. The van der Waals surface area contributed by atoms with Crippen LogP contribution in [-0.2, 0) is 16.1 Å². The minimum absolute atomic E-state index is 0.0484. The van der Waals surface area contributed by atoms with Crippen LogP contribution in [0.2, 0.25) is 0 Å². The molecular weight excluding hydrogens is 514 g/mol. The minimum Gasteiger partial charge on any atom is -0.497 e. The van der Waals surface area contributed by atoms with E-state index in [1.54, 1.807) is 33.1 Å². The number of para-hydroxylation sites is 1. The van der Waals surface area contributed by atoms with Gasteiger partial charge in [0.25, 0.3) is 0 Å². The van der Waals surface area contributed by atoms with Crippen molar-refractivity contribution in [1.29, 1.82) is 0 Å². The first kappa shape index (κ1) is 26.7. The fourth-order valence-corrected chi connectivity index (χ4v) is 4.77. The number of methoxy groups -OCH3 is 1. The molecule has 12 nitrogen and oxygen atoms in total. The third kappa shape index (κ3) is 4.83. The summed E-state index contributed by atoms with van der Waals surface area (Å²) < 4.78 is 13.9. The quantitative estimate of drug-likeness (QED) is 0.250. The Labute approximate surface area is 230 Å². The van der Waals surface area contributed by atoms with Gasteiger partial charge in [-0.3, -0.25) is 0 Å². The van der Waals surface area contributed by atoms with Crippen LogP contribution in [0.1, 0.15) is 25.9 Å². The maximum Gasteiger partial charge on any atom is 0.348 e. The molecule has 4 aromatic rings. The second kappa shape index (κ2) is 11.1.